The van der Waals surface area contributed by atoms with Gasteiger partial charge < -0.3 is 14.5 Å². The third-order valence-corrected chi connectivity index (χ3v) is 4.24. The van der Waals surface area contributed by atoms with E-state index in [4.69, 9.17) is 4.52 Å². The van der Waals surface area contributed by atoms with E-state index >= 15 is 0 Å². The van der Waals surface area contributed by atoms with E-state index in [2.05, 4.69) is 10.1 Å². The number of alkyl halides is 3. The van der Waals surface area contributed by atoms with Gasteiger partial charge in [0, 0.05) is 13.5 Å². The number of carbonyl (C=O) groups is 1. The minimum atomic E-state index is -4.63. The van der Waals surface area contributed by atoms with Crippen LogP contribution in [0.3, 0.4) is 0 Å². The second-order valence-corrected chi connectivity index (χ2v) is 6.41. The van der Waals surface area contributed by atoms with Gasteiger partial charge in [0.25, 0.3) is 11.7 Å². The van der Waals surface area contributed by atoms with Crippen molar-refractivity contribution in [1.82, 2.24) is 15.0 Å². The molecule has 6 nitrogen and oxygen atoms in total. The molecule has 0 saturated heterocycles. The molecule has 2 aromatic carbocycles. The van der Waals surface area contributed by atoms with Crippen LogP contribution in [-0.2, 0) is 12.7 Å². The average Bonchev–Trinajstić information content (AvgIpc) is 3.13. The number of aliphatic hydroxyl groups is 1. The first-order valence-corrected chi connectivity index (χ1v) is 8.73. The first-order valence-electron chi connectivity index (χ1n) is 8.73. The van der Waals surface area contributed by atoms with Gasteiger partial charge in [0.2, 0.25) is 5.89 Å². The van der Waals surface area contributed by atoms with Gasteiger partial charge in [-0.25, -0.2) is 0 Å². The van der Waals surface area contributed by atoms with Gasteiger partial charge in [0.15, 0.2) is 0 Å². The van der Waals surface area contributed by atoms with Crippen LogP contribution in [0.4, 0.5) is 13.2 Å². The van der Waals surface area contributed by atoms with Gasteiger partial charge in [-0.3, -0.25) is 4.79 Å². The van der Waals surface area contributed by atoms with Crippen LogP contribution in [0.5, 0.6) is 0 Å². The summed E-state index contributed by atoms with van der Waals surface area (Å²) >= 11 is 0. The summed E-state index contributed by atoms with van der Waals surface area (Å²) in [4.78, 5) is 17.9. The average molecular weight is 405 g/mol. The zero-order chi connectivity index (χ0) is 21.0. The van der Waals surface area contributed by atoms with Crippen molar-refractivity contribution in [3.05, 3.63) is 83.0 Å². The Morgan fingerprint density at radius 1 is 1.14 bits per heavy atom. The van der Waals surface area contributed by atoms with Crippen LogP contribution in [-0.4, -0.2) is 32.6 Å². The summed E-state index contributed by atoms with van der Waals surface area (Å²) in [6.07, 6.45) is -6.19. The lowest BCUT2D eigenvalue weighted by Gasteiger charge is -2.26. The predicted molar refractivity (Wildman–Crippen MR) is 96.6 cm³/mol. The van der Waals surface area contributed by atoms with Gasteiger partial charge in [0.1, 0.15) is 0 Å². The quantitative estimate of drug-likeness (QED) is 0.675. The van der Waals surface area contributed by atoms with Crippen LogP contribution >= 0.6 is 0 Å². The van der Waals surface area contributed by atoms with Crippen molar-refractivity contribution in [3.8, 4) is 0 Å². The summed E-state index contributed by atoms with van der Waals surface area (Å²) in [5, 5.41) is 14.1. The first-order chi connectivity index (χ1) is 13.8. The molecule has 0 saturated carbocycles. The van der Waals surface area contributed by atoms with Crippen molar-refractivity contribution < 1.29 is 27.6 Å². The van der Waals surface area contributed by atoms with E-state index in [1.54, 1.807) is 30.3 Å². The molecule has 152 valence electrons. The van der Waals surface area contributed by atoms with Crippen LogP contribution in [0.15, 0.2) is 59.1 Å². The van der Waals surface area contributed by atoms with Crippen LogP contribution < -0.4 is 0 Å². The number of amides is 1. The van der Waals surface area contributed by atoms with Gasteiger partial charge in [-0.1, -0.05) is 53.7 Å². The maximum atomic E-state index is 13.3. The number of benzene rings is 2. The highest BCUT2D eigenvalue weighted by Gasteiger charge is 2.35. The molecule has 0 aliphatic rings. The minimum absolute atomic E-state index is 0.0541. The lowest BCUT2D eigenvalue weighted by molar-refractivity contribution is -0.139. The zero-order valence-corrected chi connectivity index (χ0v) is 15.4. The molecule has 1 amide bonds. The third-order valence-electron chi connectivity index (χ3n) is 4.24. The number of halogens is 3. The summed E-state index contributed by atoms with van der Waals surface area (Å²) in [6.45, 7) is 1.19. The summed E-state index contributed by atoms with van der Waals surface area (Å²) in [7, 11) is 0. The Hall–Kier alpha value is -3.20. The molecule has 0 radical (unpaired) electrons. The van der Waals surface area contributed by atoms with Crippen molar-refractivity contribution in [2.24, 2.45) is 0 Å². The van der Waals surface area contributed by atoms with Gasteiger partial charge in [0.05, 0.1) is 18.2 Å². The van der Waals surface area contributed by atoms with Crippen molar-refractivity contribution >= 4 is 5.91 Å². The number of aromatic nitrogens is 2. The van der Waals surface area contributed by atoms with Crippen LogP contribution in [0, 0.1) is 6.92 Å². The van der Waals surface area contributed by atoms with Crippen LogP contribution in [0.1, 0.15) is 39.3 Å². The van der Waals surface area contributed by atoms with E-state index < -0.39 is 23.8 Å². The number of nitrogens with zero attached hydrogens (tertiary/aromatic N) is 3. The number of rotatable bonds is 6. The first kappa shape index (κ1) is 20.5. The molecular weight excluding hydrogens is 387 g/mol. The van der Waals surface area contributed by atoms with E-state index in [0.29, 0.717) is 0 Å². The molecule has 1 aromatic heterocycles. The second kappa shape index (κ2) is 8.44. The number of hydrogen-bond donors (Lipinski definition) is 1. The predicted octanol–water partition coefficient (Wildman–Crippen LogP) is 3.77. The summed E-state index contributed by atoms with van der Waals surface area (Å²) in [6, 6.07) is 13.6. The molecule has 3 rings (SSSR count). The molecule has 3 aromatic rings. The van der Waals surface area contributed by atoms with Crippen molar-refractivity contribution in [2.75, 3.05) is 6.54 Å². The summed E-state index contributed by atoms with van der Waals surface area (Å²) < 4.78 is 44.7. The molecule has 29 heavy (non-hydrogen) atoms. The van der Waals surface area contributed by atoms with E-state index in [1.807, 2.05) is 0 Å². The standard InChI is InChI=1S/C20H18F3N3O3/c1-13-24-18(25-29-13)19(28)26(11-14-7-3-2-4-8-14)12-17(27)15-9-5-6-10-16(15)20(21,22)23/h2-10,17,27H,11-12H2,1H3. The molecule has 0 fully saturated rings. The Balaban J connectivity index is 1.90. The van der Waals surface area contributed by atoms with Gasteiger partial charge in [-0.15, -0.1) is 0 Å². The molecule has 0 spiro atoms. The molecule has 9 heteroatoms. The van der Waals surface area contributed by atoms with Crippen LogP contribution in [0.25, 0.3) is 0 Å². The smallest absolute Gasteiger partial charge is 0.387 e. The van der Waals surface area contributed by atoms with Crippen LogP contribution in [0.2, 0.25) is 0 Å². The fourth-order valence-corrected chi connectivity index (χ4v) is 2.90. The molecular formula is C20H18F3N3O3. The second-order valence-electron chi connectivity index (χ2n) is 6.41. The molecule has 1 unspecified atom stereocenters. The van der Waals surface area contributed by atoms with E-state index in [1.165, 1.54) is 30.0 Å². The Morgan fingerprint density at radius 3 is 2.41 bits per heavy atom. The normalized spacial score (nSPS) is 12.6. The maximum absolute atomic E-state index is 13.3. The number of aliphatic hydroxyl groups excluding tert-OH is 1. The Labute approximate surface area is 164 Å². The monoisotopic (exact) mass is 405 g/mol. The fourth-order valence-electron chi connectivity index (χ4n) is 2.90. The highest BCUT2D eigenvalue weighted by atomic mass is 19.4. The Bertz CT molecular complexity index is 974. The molecule has 1 atom stereocenters. The van der Waals surface area contributed by atoms with E-state index in [0.717, 1.165) is 11.6 Å². The summed E-state index contributed by atoms with van der Waals surface area (Å²) in [5.74, 6) is -0.708. The van der Waals surface area contributed by atoms with Crippen molar-refractivity contribution in [1.29, 1.82) is 0 Å². The maximum Gasteiger partial charge on any atom is 0.416 e. The number of carbonyl (C=O) groups excluding carboxylic acids is 1. The molecule has 1 N–H and O–H groups in total. The topological polar surface area (TPSA) is 79.5 Å². The lowest BCUT2D eigenvalue weighted by Crippen LogP contribution is -2.35. The van der Waals surface area contributed by atoms with E-state index in [-0.39, 0.29) is 30.4 Å². The SMILES string of the molecule is Cc1nc(C(=O)N(Cc2ccccc2)CC(O)c2ccccc2C(F)(F)F)no1. The van der Waals surface area contributed by atoms with E-state index in [9.17, 15) is 23.1 Å². The third kappa shape index (κ3) is 5.00. The number of hydrogen-bond acceptors (Lipinski definition) is 5. The highest BCUT2D eigenvalue weighted by molar-refractivity contribution is 5.90. The number of aryl methyl sites for hydroxylation is 1. The fraction of sp³-hybridized carbons (Fsp3) is 0.250. The highest BCUT2D eigenvalue weighted by Crippen LogP contribution is 2.34. The zero-order valence-electron chi connectivity index (χ0n) is 15.4. The molecule has 1 heterocycles. The minimum Gasteiger partial charge on any atom is -0.387 e. The lowest BCUT2D eigenvalue weighted by atomic mass is 10.0. The molecule has 0 aliphatic carbocycles. The molecule has 0 aliphatic heterocycles. The largest absolute Gasteiger partial charge is 0.416 e. The van der Waals surface area contributed by atoms with Gasteiger partial charge in [-0.05, 0) is 17.2 Å². The Morgan fingerprint density at radius 2 is 1.79 bits per heavy atom. The Kier molecular flexibility index (Phi) is 5.97. The van der Waals surface area contributed by atoms with Gasteiger partial charge >= 0.3 is 6.18 Å². The summed E-state index contributed by atoms with van der Waals surface area (Å²) in [5.41, 5.74) is -0.525. The van der Waals surface area contributed by atoms with Crippen molar-refractivity contribution in [2.45, 2.75) is 25.7 Å². The van der Waals surface area contributed by atoms with Crippen molar-refractivity contribution in [3.63, 3.8) is 0 Å². The molecule has 0 bridgehead atoms. The van der Waals surface area contributed by atoms with Gasteiger partial charge in [-0.2, -0.15) is 18.2 Å².